The molecule has 1 fully saturated rings. The first kappa shape index (κ1) is 10.0. The number of hydrogen-bond donors (Lipinski definition) is 1. The maximum absolute atomic E-state index is 11.9. The molecule has 1 aliphatic rings. The average molecular weight is 232 g/mol. The summed E-state index contributed by atoms with van der Waals surface area (Å²) in [7, 11) is -1.07. The van der Waals surface area contributed by atoms with Crippen LogP contribution < -0.4 is 5.32 Å². The molecule has 2 atom stereocenters. The van der Waals surface area contributed by atoms with Crippen molar-refractivity contribution >= 4 is 22.4 Å². The SMILES string of the molecule is O=S(c1cc(Cl)ncn1)C1CCNC1. The molecule has 1 aliphatic heterocycles. The standard InChI is InChI=1S/C8H10ClN3OS/c9-7-3-8(12-5-11-7)14(13)6-1-2-10-4-6/h3,5-6,10H,1-2,4H2. The van der Waals surface area contributed by atoms with E-state index in [1.54, 1.807) is 6.07 Å². The summed E-state index contributed by atoms with van der Waals surface area (Å²) in [6, 6.07) is 1.57. The Balaban J connectivity index is 2.17. The van der Waals surface area contributed by atoms with Crippen LogP contribution in [0.2, 0.25) is 5.15 Å². The molecule has 14 heavy (non-hydrogen) atoms. The normalized spacial score (nSPS) is 23.6. The lowest BCUT2D eigenvalue weighted by atomic mass is 10.4. The van der Waals surface area contributed by atoms with Gasteiger partial charge in [-0.25, -0.2) is 9.97 Å². The number of hydrogen-bond acceptors (Lipinski definition) is 4. The minimum absolute atomic E-state index is 0.154. The third-order valence-electron chi connectivity index (χ3n) is 2.13. The summed E-state index contributed by atoms with van der Waals surface area (Å²) in [6.45, 7) is 1.71. The molecule has 0 aromatic carbocycles. The number of nitrogens with zero attached hydrogens (tertiary/aromatic N) is 2. The molecule has 6 heteroatoms. The van der Waals surface area contributed by atoms with Crippen LogP contribution >= 0.6 is 11.6 Å². The fourth-order valence-corrected chi connectivity index (χ4v) is 2.94. The minimum Gasteiger partial charge on any atom is -0.315 e. The van der Waals surface area contributed by atoms with E-state index >= 15 is 0 Å². The number of aromatic nitrogens is 2. The van der Waals surface area contributed by atoms with Gasteiger partial charge in [-0.15, -0.1) is 0 Å². The summed E-state index contributed by atoms with van der Waals surface area (Å²) < 4.78 is 11.9. The van der Waals surface area contributed by atoms with Crippen molar-refractivity contribution in [2.24, 2.45) is 0 Å². The van der Waals surface area contributed by atoms with E-state index in [9.17, 15) is 4.21 Å². The quantitative estimate of drug-likeness (QED) is 0.758. The van der Waals surface area contributed by atoms with Crippen LogP contribution in [0.15, 0.2) is 17.4 Å². The molecule has 0 bridgehead atoms. The van der Waals surface area contributed by atoms with Crippen molar-refractivity contribution in [3.8, 4) is 0 Å². The van der Waals surface area contributed by atoms with E-state index in [0.29, 0.717) is 10.2 Å². The van der Waals surface area contributed by atoms with E-state index in [4.69, 9.17) is 11.6 Å². The van der Waals surface area contributed by atoms with Gasteiger partial charge in [0, 0.05) is 12.6 Å². The number of halogens is 1. The molecule has 1 aromatic rings. The Morgan fingerprint density at radius 3 is 3.07 bits per heavy atom. The average Bonchev–Trinajstić information content (AvgIpc) is 2.69. The predicted molar refractivity (Wildman–Crippen MR) is 54.7 cm³/mol. The van der Waals surface area contributed by atoms with Crippen LogP contribution in [0.5, 0.6) is 0 Å². The Kier molecular flexibility index (Phi) is 3.10. The molecule has 4 nitrogen and oxygen atoms in total. The maximum Gasteiger partial charge on any atom is 0.133 e. The molecule has 1 aromatic heterocycles. The molecule has 0 saturated carbocycles. The van der Waals surface area contributed by atoms with Gasteiger partial charge in [0.25, 0.3) is 0 Å². The summed E-state index contributed by atoms with van der Waals surface area (Å²) in [5, 5.41) is 4.19. The van der Waals surface area contributed by atoms with Gasteiger partial charge in [0.1, 0.15) is 16.5 Å². The summed E-state index contributed by atoms with van der Waals surface area (Å²) in [6.07, 6.45) is 2.27. The highest BCUT2D eigenvalue weighted by atomic mass is 35.5. The van der Waals surface area contributed by atoms with Crippen LogP contribution in [-0.2, 0) is 10.8 Å². The largest absolute Gasteiger partial charge is 0.315 e. The summed E-state index contributed by atoms with van der Waals surface area (Å²) in [5.74, 6) is 0. The summed E-state index contributed by atoms with van der Waals surface area (Å²) in [4.78, 5) is 7.71. The molecule has 0 aliphatic carbocycles. The molecule has 1 saturated heterocycles. The molecular weight excluding hydrogens is 222 g/mol. The molecule has 2 unspecified atom stereocenters. The van der Waals surface area contributed by atoms with Crippen LogP contribution in [0.1, 0.15) is 6.42 Å². The highest BCUT2D eigenvalue weighted by Crippen LogP contribution is 2.15. The molecule has 1 N–H and O–H groups in total. The van der Waals surface area contributed by atoms with Crippen molar-refractivity contribution in [2.45, 2.75) is 16.7 Å². The van der Waals surface area contributed by atoms with Gasteiger partial charge in [0.05, 0.1) is 16.0 Å². The third-order valence-corrected chi connectivity index (χ3v) is 3.98. The zero-order valence-electron chi connectivity index (χ0n) is 7.44. The lowest BCUT2D eigenvalue weighted by Gasteiger charge is -2.06. The number of rotatable bonds is 2. The molecule has 2 rings (SSSR count). The van der Waals surface area contributed by atoms with Gasteiger partial charge in [0.15, 0.2) is 0 Å². The first-order valence-electron chi connectivity index (χ1n) is 4.36. The van der Waals surface area contributed by atoms with Crippen molar-refractivity contribution < 1.29 is 4.21 Å². The monoisotopic (exact) mass is 231 g/mol. The lowest BCUT2D eigenvalue weighted by Crippen LogP contribution is -2.19. The maximum atomic E-state index is 11.9. The van der Waals surface area contributed by atoms with Crippen LogP contribution in [0.3, 0.4) is 0 Å². The highest BCUT2D eigenvalue weighted by molar-refractivity contribution is 7.85. The first-order chi connectivity index (χ1) is 6.77. The van der Waals surface area contributed by atoms with Crippen LogP contribution in [-0.4, -0.2) is 32.5 Å². The highest BCUT2D eigenvalue weighted by Gasteiger charge is 2.23. The topological polar surface area (TPSA) is 54.9 Å². The predicted octanol–water partition coefficient (Wildman–Crippen LogP) is 0.599. The van der Waals surface area contributed by atoms with Gasteiger partial charge in [-0.3, -0.25) is 4.21 Å². The fraction of sp³-hybridized carbons (Fsp3) is 0.500. The van der Waals surface area contributed by atoms with E-state index in [2.05, 4.69) is 15.3 Å². The van der Waals surface area contributed by atoms with Gasteiger partial charge in [0.2, 0.25) is 0 Å². The lowest BCUT2D eigenvalue weighted by molar-refractivity contribution is 0.669. The molecule has 0 amide bonds. The van der Waals surface area contributed by atoms with Gasteiger partial charge in [-0.2, -0.15) is 0 Å². The Morgan fingerprint density at radius 1 is 1.57 bits per heavy atom. The van der Waals surface area contributed by atoms with Crippen LogP contribution in [0, 0.1) is 0 Å². The zero-order valence-corrected chi connectivity index (χ0v) is 9.01. The van der Waals surface area contributed by atoms with Crippen molar-refractivity contribution in [3.63, 3.8) is 0 Å². The van der Waals surface area contributed by atoms with Gasteiger partial charge in [-0.1, -0.05) is 11.6 Å². The zero-order chi connectivity index (χ0) is 9.97. The second-order valence-corrected chi connectivity index (χ2v) is 5.16. The Labute approximate surface area is 89.6 Å². The molecule has 76 valence electrons. The van der Waals surface area contributed by atoms with Crippen molar-refractivity contribution in [2.75, 3.05) is 13.1 Å². The Morgan fingerprint density at radius 2 is 2.43 bits per heavy atom. The fourth-order valence-electron chi connectivity index (χ4n) is 1.41. The minimum atomic E-state index is -1.07. The third kappa shape index (κ3) is 2.10. The van der Waals surface area contributed by atoms with E-state index in [1.807, 2.05) is 0 Å². The van der Waals surface area contributed by atoms with Gasteiger partial charge >= 0.3 is 0 Å². The van der Waals surface area contributed by atoms with Crippen molar-refractivity contribution in [1.29, 1.82) is 0 Å². The number of nitrogens with one attached hydrogen (secondary N) is 1. The van der Waals surface area contributed by atoms with Gasteiger partial charge < -0.3 is 5.32 Å². The van der Waals surface area contributed by atoms with E-state index in [0.717, 1.165) is 19.5 Å². The Hall–Kier alpha value is -0.520. The Bertz CT molecular complexity index is 354. The molecular formula is C8H10ClN3OS. The van der Waals surface area contributed by atoms with Crippen LogP contribution in [0.25, 0.3) is 0 Å². The van der Waals surface area contributed by atoms with E-state index in [1.165, 1.54) is 6.33 Å². The van der Waals surface area contributed by atoms with Gasteiger partial charge in [-0.05, 0) is 13.0 Å². The van der Waals surface area contributed by atoms with Crippen molar-refractivity contribution in [3.05, 3.63) is 17.5 Å². The van der Waals surface area contributed by atoms with E-state index in [-0.39, 0.29) is 5.25 Å². The second kappa shape index (κ2) is 4.33. The van der Waals surface area contributed by atoms with Crippen LogP contribution in [0.4, 0.5) is 0 Å². The summed E-state index contributed by atoms with van der Waals surface area (Å²) >= 11 is 5.69. The summed E-state index contributed by atoms with van der Waals surface area (Å²) in [5.41, 5.74) is 0. The second-order valence-electron chi connectivity index (χ2n) is 3.09. The van der Waals surface area contributed by atoms with E-state index < -0.39 is 10.8 Å². The van der Waals surface area contributed by atoms with Crippen molar-refractivity contribution in [1.82, 2.24) is 15.3 Å². The first-order valence-corrected chi connectivity index (χ1v) is 5.95. The smallest absolute Gasteiger partial charge is 0.133 e. The molecule has 0 spiro atoms. The molecule has 2 heterocycles. The molecule has 0 radical (unpaired) electrons.